The molecule has 0 bridgehead atoms. The van der Waals surface area contributed by atoms with Crippen LogP contribution >= 0.6 is 0 Å². The van der Waals surface area contributed by atoms with Gasteiger partial charge >= 0.3 is 11.6 Å². The molecule has 0 N–H and O–H groups in total. The summed E-state index contributed by atoms with van der Waals surface area (Å²) in [7, 11) is 0. The summed E-state index contributed by atoms with van der Waals surface area (Å²) in [5, 5.41) is 2.46. The molecule has 3 heterocycles. The number of allylic oxidation sites excluding steroid dienone is 1. The van der Waals surface area contributed by atoms with E-state index in [-0.39, 0.29) is 24.5 Å². The summed E-state index contributed by atoms with van der Waals surface area (Å²) in [6.07, 6.45) is 2.68. The van der Waals surface area contributed by atoms with Crippen molar-refractivity contribution in [1.82, 2.24) is 5.06 Å². The minimum Gasteiger partial charge on any atom is -0.486 e. The standard InChI is InChI=1S/C20H17NO7/c1-12-4-6-15(22)21(12)28-17(24)3-2-9-25-20-18-14(8-10-26-18)11-13-5-7-16(23)27-19(13)20/h5,7-8,10-11H,1-4,6,9H2. The van der Waals surface area contributed by atoms with Crippen molar-refractivity contribution in [1.29, 1.82) is 0 Å². The Morgan fingerprint density at radius 2 is 1.96 bits per heavy atom. The van der Waals surface area contributed by atoms with Gasteiger partial charge in [0.2, 0.25) is 5.75 Å². The average molecular weight is 383 g/mol. The molecule has 1 fully saturated rings. The third kappa shape index (κ3) is 3.36. The molecule has 8 heteroatoms. The molecule has 1 amide bonds. The van der Waals surface area contributed by atoms with E-state index in [9.17, 15) is 14.4 Å². The van der Waals surface area contributed by atoms with Gasteiger partial charge in [0, 0.05) is 23.3 Å². The molecule has 3 aromatic rings. The highest BCUT2D eigenvalue weighted by Crippen LogP contribution is 2.35. The molecule has 0 saturated carbocycles. The van der Waals surface area contributed by atoms with Crippen LogP contribution in [0.15, 0.2) is 56.4 Å². The maximum absolute atomic E-state index is 11.9. The summed E-state index contributed by atoms with van der Waals surface area (Å²) in [6.45, 7) is 3.86. The summed E-state index contributed by atoms with van der Waals surface area (Å²) >= 11 is 0. The molecule has 144 valence electrons. The van der Waals surface area contributed by atoms with Gasteiger partial charge in [0.25, 0.3) is 5.91 Å². The predicted molar refractivity (Wildman–Crippen MR) is 98.3 cm³/mol. The first kappa shape index (κ1) is 17.8. The fourth-order valence-corrected chi connectivity index (χ4v) is 3.02. The van der Waals surface area contributed by atoms with Crippen LogP contribution in [0.2, 0.25) is 0 Å². The first-order valence-corrected chi connectivity index (χ1v) is 8.81. The zero-order valence-electron chi connectivity index (χ0n) is 14.9. The van der Waals surface area contributed by atoms with Crippen LogP contribution in [0.3, 0.4) is 0 Å². The van der Waals surface area contributed by atoms with Gasteiger partial charge in [-0.05, 0) is 31.0 Å². The molecule has 1 aliphatic heterocycles. The van der Waals surface area contributed by atoms with Crippen LogP contribution in [-0.2, 0) is 14.4 Å². The fraction of sp³-hybridized carbons (Fsp3) is 0.250. The Morgan fingerprint density at radius 1 is 1.14 bits per heavy atom. The molecule has 1 saturated heterocycles. The largest absolute Gasteiger partial charge is 0.486 e. The Labute approximate surface area is 158 Å². The minimum absolute atomic E-state index is 0.0487. The fourth-order valence-electron chi connectivity index (χ4n) is 3.02. The Kier molecular flexibility index (Phi) is 4.60. The van der Waals surface area contributed by atoms with Crippen LogP contribution in [0, 0.1) is 0 Å². The van der Waals surface area contributed by atoms with Crippen LogP contribution in [0.5, 0.6) is 5.75 Å². The number of amides is 1. The van der Waals surface area contributed by atoms with E-state index in [1.54, 1.807) is 12.1 Å². The van der Waals surface area contributed by atoms with Crippen molar-refractivity contribution in [2.45, 2.75) is 25.7 Å². The van der Waals surface area contributed by atoms with Crippen LogP contribution in [0.25, 0.3) is 21.9 Å². The van der Waals surface area contributed by atoms with Crippen LogP contribution in [0.1, 0.15) is 25.7 Å². The number of ether oxygens (including phenoxy) is 1. The molecule has 1 aromatic carbocycles. The third-order valence-corrected chi connectivity index (χ3v) is 4.39. The van der Waals surface area contributed by atoms with Gasteiger partial charge in [-0.1, -0.05) is 6.58 Å². The average Bonchev–Trinajstić information content (AvgIpc) is 3.26. The molecule has 1 aliphatic rings. The number of furan rings is 1. The number of hydroxylamine groups is 2. The first-order chi connectivity index (χ1) is 13.5. The molecule has 0 unspecified atom stereocenters. The molecule has 0 atom stereocenters. The number of fused-ring (bicyclic) bond motifs is 2. The zero-order chi connectivity index (χ0) is 19.7. The van der Waals surface area contributed by atoms with E-state index in [1.165, 1.54) is 12.3 Å². The lowest BCUT2D eigenvalue weighted by molar-refractivity contribution is -0.186. The summed E-state index contributed by atoms with van der Waals surface area (Å²) in [6, 6.07) is 6.60. The van der Waals surface area contributed by atoms with Crippen molar-refractivity contribution in [2.24, 2.45) is 0 Å². The summed E-state index contributed by atoms with van der Waals surface area (Å²) < 4.78 is 16.5. The minimum atomic E-state index is -0.549. The summed E-state index contributed by atoms with van der Waals surface area (Å²) in [4.78, 5) is 40.2. The Bertz CT molecular complexity index is 1120. The Hall–Kier alpha value is -3.55. The molecular formula is C20H17NO7. The van der Waals surface area contributed by atoms with E-state index < -0.39 is 11.6 Å². The second-order valence-electron chi connectivity index (χ2n) is 6.39. The number of hydrogen-bond donors (Lipinski definition) is 0. The van der Waals surface area contributed by atoms with E-state index in [2.05, 4.69) is 6.58 Å². The highest BCUT2D eigenvalue weighted by atomic mass is 16.7. The van der Waals surface area contributed by atoms with Crippen molar-refractivity contribution < 1.29 is 28.0 Å². The predicted octanol–water partition coefficient (Wildman–Crippen LogP) is 3.29. The van der Waals surface area contributed by atoms with Gasteiger partial charge in [0.05, 0.1) is 25.0 Å². The van der Waals surface area contributed by atoms with Crippen molar-refractivity contribution in [3.05, 3.63) is 53.2 Å². The van der Waals surface area contributed by atoms with Gasteiger partial charge in [0.1, 0.15) is 0 Å². The van der Waals surface area contributed by atoms with Crippen LogP contribution in [0.4, 0.5) is 0 Å². The monoisotopic (exact) mass is 383 g/mol. The van der Waals surface area contributed by atoms with Gasteiger partial charge < -0.3 is 18.4 Å². The number of nitrogens with zero attached hydrogens (tertiary/aromatic N) is 1. The number of benzene rings is 1. The first-order valence-electron chi connectivity index (χ1n) is 8.81. The summed E-state index contributed by atoms with van der Waals surface area (Å²) in [5.74, 6) is -0.514. The quantitative estimate of drug-likeness (QED) is 0.476. The number of carbonyl (C=O) groups excluding carboxylic acids is 2. The summed E-state index contributed by atoms with van der Waals surface area (Å²) in [5.41, 5.74) is 0.725. The molecule has 8 nitrogen and oxygen atoms in total. The second kappa shape index (κ2) is 7.22. The molecule has 4 rings (SSSR count). The lowest BCUT2D eigenvalue weighted by Gasteiger charge is -2.15. The number of rotatable bonds is 6. The topological polar surface area (TPSA) is 99.2 Å². The molecule has 0 aliphatic carbocycles. The Morgan fingerprint density at radius 3 is 2.75 bits per heavy atom. The molecule has 2 aromatic heterocycles. The lowest BCUT2D eigenvalue weighted by atomic mass is 10.1. The van der Waals surface area contributed by atoms with Crippen molar-refractivity contribution in [2.75, 3.05) is 6.61 Å². The van der Waals surface area contributed by atoms with Gasteiger partial charge in [-0.15, -0.1) is 5.06 Å². The SMILES string of the molecule is C=C1CCC(=O)N1OC(=O)CCCOc1c2occc2cc2ccc(=O)oc12. The van der Waals surface area contributed by atoms with Crippen LogP contribution < -0.4 is 10.4 Å². The molecular weight excluding hydrogens is 366 g/mol. The normalized spacial score (nSPS) is 14.2. The van der Waals surface area contributed by atoms with Gasteiger partial charge in [-0.25, -0.2) is 9.59 Å². The van der Waals surface area contributed by atoms with Crippen molar-refractivity contribution in [3.8, 4) is 5.75 Å². The van der Waals surface area contributed by atoms with Gasteiger partial charge in [-0.3, -0.25) is 4.79 Å². The van der Waals surface area contributed by atoms with E-state index >= 15 is 0 Å². The van der Waals surface area contributed by atoms with Gasteiger partial charge in [-0.2, -0.15) is 0 Å². The van der Waals surface area contributed by atoms with E-state index in [4.69, 9.17) is 18.4 Å². The van der Waals surface area contributed by atoms with E-state index in [1.807, 2.05) is 6.07 Å². The third-order valence-electron chi connectivity index (χ3n) is 4.39. The second-order valence-corrected chi connectivity index (χ2v) is 6.39. The van der Waals surface area contributed by atoms with E-state index in [0.717, 1.165) is 10.4 Å². The lowest BCUT2D eigenvalue weighted by Crippen LogP contribution is -2.27. The highest BCUT2D eigenvalue weighted by Gasteiger charge is 2.28. The van der Waals surface area contributed by atoms with Crippen LogP contribution in [-0.4, -0.2) is 23.5 Å². The molecule has 0 radical (unpaired) electrons. The van der Waals surface area contributed by atoms with Crippen molar-refractivity contribution >= 4 is 33.8 Å². The van der Waals surface area contributed by atoms with E-state index in [0.29, 0.717) is 41.7 Å². The molecule has 0 spiro atoms. The maximum atomic E-state index is 11.9. The maximum Gasteiger partial charge on any atom is 0.336 e. The zero-order valence-corrected chi connectivity index (χ0v) is 14.9. The highest BCUT2D eigenvalue weighted by molar-refractivity contribution is 5.99. The van der Waals surface area contributed by atoms with Crippen molar-refractivity contribution in [3.63, 3.8) is 0 Å². The number of carbonyl (C=O) groups is 2. The Balaban J connectivity index is 1.42. The van der Waals surface area contributed by atoms with Gasteiger partial charge in [0.15, 0.2) is 11.2 Å². The smallest absolute Gasteiger partial charge is 0.336 e. The molecule has 28 heavy (non-hydrogen) atoms. The number of hydrogen-bond acceptors (Lipinski definition) is 7.